The highest BCUT2D eigenvalue weighted by atomic mass is 16.7. The van der Waals surface area contributed by atoms with Gasteiger partial charge in [0.15, 0.2) is 0 Å². The Bertz CT molecular complexity index is 784. The summed E-state index contributed by atoms with van der Waals surface area (Å²) in [5.74, 6) is 0.124. The zero-order valence-corrected chi connectivity index (χ0v) is 14.0. The van der Waals surface area contributed by atoms with Gasteiger partial charge in [-0.3, -0.25) is 10.1 Å². The fraction of sp³-hybridized carbons (Fsp3) is 0.222. The summed E-state index contributed by atoms with van der Waals surface area (Å²) in [5.41, 5.74) is 2.18. The molecule has 0 heterocycles. The monoisotopic (exact) mass is 342 g/mol. The van der Waals surface area contributed by atoms with Crippen LogP contribution in [0.15, 0.2) is 53.7 Å². The van der Waals surface area contributed by atoms with Crippen molar-refractivity contribution in [3.8, 4) is 5.75 Å². The Hall–Kier alpha value is -3.22. The van der Waals surface area contributed by atoms with Crippen LogP contribution >= 0.6 is 0 Å². The Morgan fingerprint density at radius 3 is 2.44 bits per heavy atom. The summed E-state index contributed by atoms with van der Waals surface area (Å²) in [6, 6.07) is 13.3. The van der Waals surface area contributed by atoms with Crippen LogP contribution in [-0.4, -0.2) is 23.7 Å². The lowest BCUT2D eigenvalue weighted by atomic mass is 10.1. The van der Waals surface area contributed by atoms with Gasteiger partial charge in [-0.25, -0.2) is 4.79 Å². The van der Waals surface area contributed by atoms with E-state index in [0.717, 1.165) is 11.1 Å². The second kappa shape index (κ2) is 8.58. The number of para-hydroxylation sites is 1. The minimum Gasteiger partial charge on any atom is -0.496 e. The van der Waals surface area contributed by atoms with Crippen molar-refractivity contribution >= 4 is 17.4 Å². The van der Waals surface area contributed by atoms with E-state index < -0.39 is 10.9 Å². The molecule has 0 fully saturated rings. The molecule has 0 N–H and O–H groups in total. The van der Waals surface area contributed by atoms with Crippen LogP contribution < -0.4 is 4.74 Å². The SMILES string of the molecule is COc1ccccc1CC(=O)O/N=C(\C)Cc1ccc([N+](=O)[O-])cc1. The molecule has 0 saturated carbocycles. The first-order chi connectivity index (χ1) is 12.0. The Kier molecular flexibility index (Phi) is 6.22. The number of methoxy groups -OCH3 is 1. The summed E-state index contributed by atoms with van der Waals surface area (Å²) in [4.78, 5) is 27.0. The molecular formula is C18H18N2O5. The Labute approximate surface area is 145 Å². The number of oxime groups is 1. The van der Waals surface area contributed by atoms with Crippen molar-refractivity contribution in [2.24, 2.45) is 5.16 Å². The molecule has 0 aromatic heterocycles. The number of non-ortho nitro benzene ring substituents is 1. The van der Waals surface area contributed by atoms with Crippen molar-refractivity contribution in [3.05, 3.63) is 69.8 Å². The van der Waals surface area contributed by atoms with Gasteiger partial charge in [0.25, 0.3) is 5.69 Å². The molecule has 2 aromatic rings. The average Bonchev–Trinajstić information content (AvgIpc) is 2.61. The predicted octanol–water partition coefficient (Wildman–Crippen LogP) is 3.31. The van der Waals surface area contributed by atoms with E-state index in [9.17, 15) is 14.9 Å². The summed E-state index contributed by atoms with van der Waals surface area (Å²) in [7, 11) is 1.54. The standard InChI is InChI=1S/C18H18N2O5/c1-13(11-14-7-9-16(10-8-14)20(22)23)19-25-18(21)12-15-5-3-4-6-17(15)24-2/h3-10H,11-12H2,1-2H3/b19-13+. The van der Waals surface area contributed by atoms with Crippen molar-refractivity contribution in [2.45, 2.75) is 19.8 Å². The first-order valence-electron chi connectivity index (χ1n) is 7.58. The maximum atomic E-state index is 11.9. The topological polar surface area (TPSA) is 91.0 Å². The van der Waals surface area contributed by atoms with Gasteiger partial charge < -0.3 is 9.57 Å². The molecule has 2 rings (SSSR count). The lowest BCUT2D eigenvalue weighted by Crippen LogP contribution is -2.08. The van der Waals surface area contributed by atoms with Crippen molar-refractivity contribution in [3.63, 3.8) is 0 Å². The predicted molar refractivity (Wildman–Crippen MR) is 92.7 cm³/mol. The van der Waals surface area contributed by atoms with Gasteiger partial charge in [0.1, 0.15) is 5.75 Å². The van der Waals surface area contributed by atoms with Gasteiger partial charge in [0, 0.05) is 24.1 Å². The Morgan fingerprint density at radius 2 is 1.80 bits per heavy atom. The Balaban J connectivity index is 1.91. The van der Waals surface area contributed by atoms with Crippen LogP contribution in [0.4, 0.5) is 5.69 Å². The number of carbonyl (C=O) groups excluding carboxylic acids is 1. The molecular weight excluding hydrogens is 324 g/mol. The van der Waals surface area contributed by atoms with Gasteiger partial charge in [-0.1, -0.05) is 35.5 Å². The van der Waals surface area contributed by atoms with Crippen LogP contribution in [0.25, 0.3) is 0 Å². The quantitative estimate of drug-likeness (QED) is 0.333. The third-order valence-corrected chi connectivity index (χ3v) is 3.44. The maximum absolute atomic E-state index is 11.9. The number of nitrogens with zero attached hydrogens (tertiary/aromatic N) is 2. The van der Waals surface area contributed by atoms with Crippen molar-refractivity contribution in [1.29, 1.82) is 0 Å². The summed E-state index contributed by atoms with van der Waals surface area (Å²) in [5, 5.41) is 14.4. The lowest BCUT2D eigenvalue weighted by molar-refractivity contribution is -0.384. The molecule has 2 aromatic carbocycles. The lowest BCUT2D eigenvalue weighted by Gasteiger charge is -2.06. The third kappa shape index (κ3) is 5.42. The number of nitro benzene ring substituents is 1. The zero-order chi connectivity index (χ0) is 18.2. The van der Waals surface area contributed by atoms with Crippen LogP contribution in [0.3, 0.4) is 0 Å². The van der Waals surface area contributed by atoms with Gasteiger partial charge in [-0.2, -0.15) is 0 Å². The number of nitro groups is 1. The first-order valence-corrected chi connectivity index (χ1v) is 7.58. The van der Waals surface area contributed by atoms with E-state index in [1.165, 1.54) is 19.2 Å². The number of ether oxygens (including phenoxy) is 1. The van der Waals surface area contributed by atoms with E-state index in [1.54, 1.807) is 31.2 Å². The molecule has 0 radical (unpaired) electrons. The highest BCUT2D eigenvalue weighted by Gasteiger charge is 2.10. The minimum atomic E-state index is -0.493. The van der Waals surface area contributed by atoms with Gasteiger partial charge in [-0.15, -0.1) is 0 Å². The highest BCUT2D eigenvalue weighted by Crippen LogP contribution is 2.18. The molecule has 0 bridgehead atoms. The van der Waals surface area contributed by atoms with Crippen LogP contribution in [0.1, 0.15) is 18.1 Å². The van der Waals surface area contributed by atoms with Crippen LogP contribution in [-0.2, 0) is 22.5 Å². The van der Waals surface area contributed by atoms with Crippen molar-refractivity contribution in [1.82, 2.24) is 0 Å². The van der Waals surface area contributed by atoms with E-state index >= 15 is 0 Å². The molecule has 0 aliphatic rings. The molecule has 7 heteroatoms. The average molecular weight is 342 g/mol. The molecule has 0 unspecified atom stereocenters. The molecule has 7 nitrogen and oxygen atoms in total. The second-order valence-corrected chi connectivity index (χ2v) is 5.38. The molecule has 0 amide bonds. The summed E-state index contributed by atoms with van der Waals surface area (Å²) in [6.45, 7) is 1.72. The molecule has 130 valence electrons. The molecule has 0 spiro atoms. The molecule has 0 aliphatic heterocycles. The smallest absolute Gasteiger partial charge is 0.339 e. The van der Waals surface area contributed by atoms with E-state index in [4.69, 9.17) is 9.57 Å². The van der Waals surface area contributed by atoms with Crippen LogP contribution in [0.2, 0.25) is 0 Å². The highest BCUT2D eigenvalue weighted by molar-refractivity contribution is 5.84. The molecule has 25 heavy (non-hydrogen) atoms. The summed E-state index contributed by atoms with van der Waals surface area (Å²) >= 11 is 0. The van der Waals surface area contributed by atoms with Gasteiger partial charge in [-0.05, 0) is 18.6 Å². The maximum Gasteiger partial charge on any atom is 0.339 e. The first kappa shape index (κ1) is 18.1. The van der Waals surface area contributed by atoms with Crippen LogP contribution in [0.5, 0.6) is 5.75 Å². The third-order valence-electron chi connectivity index (χ3n) is 3.44. The second-order valence-electron chi connectivity index (χ2n) is 5.38. The largest absolute Gasteiger partial charge is 0.496 e. The molecule has 0 aliphatic carbocycles. The number of carbonyl (C=O) groups is 1. The number of hydrogen-bond donors (Lipinski definition) is 0. The van der Waals surface area contributed by atoms with Gasteiger partial charge in [0.05, 0.1) is 24.2 Å². The van der Waals surface area contributed by atoms with E-state index in [2.05, 4.69) is 5.16 Å². The molecule has 0 saturated heterocycles. The summed E-state index contributed by atoms with van der Waals surface area (Å²) in [6.07, 6.45) is 0.484. The fourth-order valence-electron chi connectivity index (χ4n) is 2.23. The summed E-state index contributed by atoms with van der Waals surface area (Å²) < 4.78 is 5.19. The zero-order valence-electron chi connectivity index (χ0n) is 14.0. The van der Waals surface area contributed by atoms with E-state index in [-0.39, 0.29) is 12.1 Å². The van der Waals surface area contributed by atoms with Crippen molar-refractivity contribution in [2.75, 3.05) is 7.11 Å². The van der Waals surface area contributed by atoms with E-state index in [0.29, 0.717) is 17.9 Å². The normalized spacial score (nSPS) is 11.0. The van der Waals surface area contributed by atoms with E-state index in [1.807, 2.05) is 12.1 Å². The van der Waals surface area contributed by atoms with Crippen LogP contribution in [0, 0.1) is 10.1 Å². The molecule has 0 atom stereocenters. The van der Waals surface area contributed by atoms with Gasteiger partial charge in [0.2, 0.25) is 0 Å². The number of benzene rings is 2. The van der Waals surface area contributed by atoms with Gasteiger partial charge >= 0.3 is 5.97 Å². The number of rotatable bonds is 7. The Morgan fingerprint density at radius 1 is 1.12 bits per heavy atom. The van der Waals surface area contributed by atoms with Crippen molar-refractivity contribution < 1.29 is 19.3 Å². The minimum absolute atomic E-state index is 0.0292. The fourth-order valence-corrected chi connectivity index (χ4v) is 2.23. The number of hydrogen-bond acceptors (Lipinski definition) is 6.